The SMILES string of the molecule is CCOc1cc2c(cc1CNC(=O)N(C)Cc1cnn(C)c1)OC(C)C2. The van der Waals surface area contributed by atoms with E-state index >= 15 is 0 Å². The summed E-state index contributed by atoms with van der Waals surface area (Å²) in [5.74, 6) is 1.69. The highest BCUT2D eigenvalue weighted by Crippen LogP contribution is 2.35. The molecule has 1 aromatic heterocycles. The molecule has 2 heterocycles. The summed E-state index contributed by atoms with van der Waals surface area (Å²) in [7, 11) is 3.62. The molecule has 26 heavy (non-hydrogen) atoms. The van der Waals surface area contributed by atoms with Crippen molar-refractivity contribution in [2.75, 3.05) is 13.7 Å². The molecule has 0 saturated carbocycles. The number of nitrogens with one attached hydrogen (secondary N) is 1. The third-order valence-corrected chi connectivity index (χ3v) is 4.33. The lowest BCUT2D eigenvalue weighted by atomic mass is 10.1. The van der Waals surface area contributed by atoms with Crippen molar-refractivity contribution in [1.82, 2.24) is 20.0 Å². The van der Waals surface area contributed by atoms with Crippen LogP contribution in [-0.4, -0.2) is 40.5 Å². The van der Waals surface area contributed by atoms with Gasteiger partial charge in [-0.3, -0.25) is 4.68 Å². The van der Waals surface area contributed by atoms with Crippen molar-refractivity contribution in [2.45, 2.75) is 39.5 Å². The fourth-order valence-corrected chi connectivity index (χ4v) is 3.11. The summed E-state index contributed by atoms with van der Waals surface area (Å²) in [6.07, 6.45) is 4.72. The summed E-state index contributed by atoms with van der Waals surface area (Å²) in [4.78, 5) is 14.0. The topological polar surface area (TPSA) is 68.6 Å². The van der Waals surface area contributed by atoms with Gasteiger partial charge in [0, 0.05) is 49.9 Å². The summed E-state index contributed by atoms with van der Waals surface area (Å²) < 4.78 is 13.3. The number of fused-ring (bicyclic) bond motifs is 1. The molecule has 7 heteroatoms. The van der Waals surface area contributed by atoms with E-state index in [1.165, 1.54) is 0 Å². The minimum atomic E-state index is -0.147. The van der Waals surface area contributed by atoms with Crippen LogP contribution in [-0.2, 0) is 26.6 Å². The quantitative estimate of drug-likeness (QED) is 0.861. The zero-order valence-corrected chi connectivity index (χ0v) is 15.8. The molecule has 0 aliphatic carbocycles. The number of aryl methyl sites for hydroxylation is 1. The van der Waals surface area contributed by atoms with Crippen LogP contribution in [0.15, 0.2) is 24.5 Å². The maximum absolute atomic E-state index is 12.4. The maximum atomic E-state index is 12.4. The van der Waals surface area contributed by atoms with E-state index in [9.17, 15) is 4.79 Å². The van der Waals surface area contributed by atoms with Crippen LogP contribution in [0.5, 0.6) is 11.5 Å². The van der Waals surface area contributed by atoms with Gasteiger partial charge < -0.3 is 19.7 Å². The first-order valence-corrected chi connectivity index (χ1v) is 8.88. The van der Waals surface area contributed by atoms with E-state index in [0.29, 0.717) is 19.7 Å². The molecule has 0 bridgehead atoms. The molecule has 0 fully saturated rings. The molecular formula is C19H26N4O3. The lowest BCUT2D eigenvalue weighted by Gasteiger charge is -2.18. The predicted molar refractivity (Wildman–Crippen MR) is 98.3 cm³/mol. The molecule has 2 amide bonds. The van der Waals surface area contributed by atoms with Gasteiger partial charge in [0.15, 0.2) is 0 Å². The molecule has 1 aliphatic rings. The highest BCUT2D eigenvalue weighted by molar-refractivity contribution is 5.74. The highest BCUT2D eigenvalue weighted by Gasteiger charge is 2.22. The number of urea groups is 1. The Balaban J connectivity index is 1.64. The van der Waals surface area contributed by atoms with Crippen molar-refractivity contribution >= 4 is 6.03 Å². The van der Waals surface area contributed by atoms with Crippen molar-refractivity contribution in [3.63, 3.8) is 0 Å². The molecule has 7 nitrogen and oxygen atoms in total. The number of rotatable bonds is 6. The van der Waals surface area contributed by atoms with Gasteiger partial charge in [-0.05, 0) is 26.0 Å². The summed E-state index contributed by atoms with van der Waals surface area (Å²) in [6, 6.07) is 3.86. The van der Waals surface area contributed by atoms with Gasteiger partial charge in [0.05, 0.1) is 19.3 Å². The molecule has 1 atom stereocenters. The van der Waals surface area contributed by atoms with Gasteiger partial charge in [-0.25, -0.2) is 4.79 Å². The van der Waals surface area contributed by atoms with Crippen LogP contribution >= 0.6 is 0 Å². The van der Waals surface area contributed by atoms with Crippen molar-refractivity contribution < 1.29 is 14.3 Å². The van der Waals surface area contributed by atoms with E-state index in [2.05, 4.69) is 17.3 Å². The van der Waals surface area contributed by atoms with Crippen LogP contribution in [0, 0.1) is 0 Å². The Kier molecular flexibility index (Phi) is 5.35. The predicted octanol–water partition coefficient (Wildman–Crippen LogP) is 2.48. The Hall–Kier alpha value is -2.70. The van der Waals surface area contributed by atoms with E-state index in [-0.39, 0.29) is 12.1 Å². The third-order valence-electron chi connectivity index (χ3n) is 4.33. The smallest absolute Gasteiger partial charge is 0.317 e. The average Bonchev–Trinajstić information content (AvgIpc) is 3.16. The maximum Gasteiger partial charge on any atom is 0.317 e. The van der Waals surface area contributed by atoms with E-state index in [1.54, 1.807) is 22.8 Å². The van der Waals surface area contributed by atoms with Gasteiger partial charge in [0.1, 0.15) is 17.6 Å². The molecule has 1 aromatic carbocycles. The van der Waals surface area contributed by atoms with Crippen molar-refractivity contribution in [2.24, 2.45) is 7.05 Å². The summed E-state index contributed by atoms with van der Waals surface area (Å²) in [6.45, 7) is 5.47. The van der Waals surface area contributed by atoms with Gasteiger partial charge in [-0.1, -0.05) is 0 Å². The molecular weight excluding hydrogens is 332 g/mol. The van der Waals surface area contributed by atoms with E-state index in [0.717, 1.165) is 34.6 Å². The zero-order chi connectivity index (χ0) is 18.7. The Morgan fingerprint density at radius 3 is 3.00 bits per heavy atom. The van der Waals surface area contributed by atoms with E-state index in [4.69, 9.17) is 9.47 Å². The van der Waals surface area contributed by atoms with Crippen molar-refractivity contribution in [3.05, 3.63) is 41.2 Å². The van der Waals surface area contributed by atoms with Crippen LogP contribution in [0.25, 0.3) is 0 Å². The fraction of sp³-hybridized carbons (Fsp3) is 0.474. The minimum Gasteiger partial charge on any atom is -0.494 e. The van der Waals surface area contributed by atoms with Crippen LogP contribution in [0.2, 0.25) is 0 Å². The standard InChI is InChI=1S/C19H26N4O3/c1-5-25-17-7-15-6-13(2)26-18(15)8-16(17)10-20-19(24)22(3)11-14-9-21-23(4)12-14/h7-9,12-13H,5-6,10-11H2,1-4H3,(H,20,24). The second-order valence-electron chi connectivity index (χ2n) is 6.67. The normalized spacial score (nSPS) is 15.3. The summed E-state index contributed by atoms with van der Waals surface area (Å²) in [5.41, 5.74) is 3.06. The fourth-order valence-electron chi connectivity index (χ4n) is 3.11. The summed E-state index contributed by atoms with van der Waals surface area (Å²) in [5, 5.41) is 7.07. The van der Waals surface area contributed by atoms with Gasteiger partial charge >= 0.3 is 6.03 Å². The Bertz CT molecular complexity index is 787. The molecule has 1 unspecified atom stereocenters. The van der Waals surface area contributed by atoms with Crippen LogP contribution in [0.3, 0.4) is 0 Å². The van der Waals surface area contributed by atoms with Gasteiger partial charge in [0.25, 0.3) is 0 Å². The van der Waals surface area contributed by atoms with Gasteiger partial charge in [0.2, 0.25) is 0 Å². The molecule has 0 spiro atoms. The number of ether oxygens (including phenoxy) is 2. The Morgan fingerprint density at radius 2 is 2.31 bits per heavy atom. The number of aromatic nitrogens is 2. The molecule has 3 rings (SSSR count). The largest absolute Gasteiger partial charge is 0.494 e. The van der Waals surface area contributed by atoms with Crippen LogP contribution in [0.1, 0.15) is 30.5 Å². The number of nitrogens with zero attached hydrogens (tertiary/aromatic N) is 3. The molecule has 2 aromatic rings. The zero-order valence-electron chi connectivity index (χ0n) is 15.8. The second kappa shape index (κ2) is 7.68. The molecule has 1 aliphatic heterocycles. The number of amides is 2. The lowest BCUT2D eigenvalue weighted by molar-refractivity contribution is 0.206. The Morgan fingerprint density at radius 1 is 1.50 bits per heavy atom. The monoisotopic (exact) mass is 358 g/mol. The average molecular weight is 358 g/mol. The summed E-state index contributed by atoms with van der Waals surface area (Å²) >= 11 is 0. The molecule has 1 N–H and O–H groups in total. The number of hydrogen-bond donors (Lipinski definition) is 1. The molecule has 140 valence electrons. The van der Waals surface area contributed by atoms with Crippen molar-refractivity contribution in [3.8, 4) is 11.5 Å². The first-order chi connectivity index (χ1) is 12.5. The minimum absolute atomic E-state index is 0.147. The van der Waals surface area contributed by atoms with E-state index < -0.39 is 0 Å². The molecule has 0 radical (unpaired) electrons. The van der Waals surface area contributed by atoms with Crippen molar-refractivity contribution in [1.29, 1.82) is 0 Å². The number of carbonyl (C=O) groups is 1. The van der Waals surface area contributed by atoms with Crippen LogP contribution in [0.4, 0.5) is 4.79 Å². The number of benzene rings is 1. The number of hydrogen-bond acceptors (Lipinski definition) is 4. The highest BCUT2D eigenvalue weighted by atomic mass is 16.5. The Labute approximate surface area is 153 Å². The second-order valence-corrected chi connectivity index (χ2v) is 6.67. The number of carbonyl (C=O) groups excluding carboxylic acids is 1. The van der Waals surface area contributed by atoms with Gasteiger partial charge in [-0.15, -0.1) is 0 Å². The first-order valence-electron chi connectivity index (χ1n) is 8.88. The first kappa shape index (κ1) is 18.1. The van der Waals surface area contributed by atoms with Crippen LogP contribution < -0.4 is 14.8 Å². The third kappa shape index (κ3) is 4.09. The molecule has 0 saturated heterocycles. The van der Waals surface area contributed by atoms with Gasteiger partial charge in [-0.2, -0.15) is 5.10 Å². The van der Waals surface area contributed by atoms with E-state index in [1.807, 2.05) is 32.3 Å². The lowest BCUT2D eigenvalue weighted by Crippen LogP contribution is -2.36.